The normalized spacial score (nSPS) is 16.7. The quantitative estimate of drug-likeness (QED) is 0.607. The maximum atomic E-state index is 12.9. The van der Waals surface area contributed by atoms with Crippen LogP contribution in [0, 0.1) is 6.92 Å². The minimum absolute atomic E-state index is 0.0250. The molecule has 3 rings (SSSR count). The Bertz CT molecular complexity index is 902. The molecule has 1 saturated heterocycles. The Kier molecular flexibility index (Phi) is 6.75. The van der Waals surface area contributed by atoms with E-state index in [9.17, 15) is 9.59 Å². The highest BCUT2D eigenvalue weighted by Gasteiger charge is 2.27. The van der Waals surface area contributed by atoms with Crippen molar-refractivity contribution in [2.45, 2.75) is 20.0 Å². The molecule has 148 valence electrons. The molecule has 0 aliphatic carbocycles. The Balaban J connectivity index is 1.67. The second-order valence-electron chi connectivity index (χ2n) is 6.66. The summed E-state index contributed by atoms with van der Waals surface area (Å²) in [6.45, 7) is 5.02. The number of carbonyl (C=O) groups excluding carboxylic acids is 2. The second kappa shape index (κ2) is 9.07. The summed E-state index contributed by atoms with van der Waals surface area (Å²) in [5.74, 6) is 0.318. The molecular weight excluding hydrogens is 446 g/mol. The van der Waals surface area contributed by atoms with Gasteiger partial charge in [0.05, 0.1) is 18.7 Å². The molecule has 1 fully saturated rings. The van der Waals surface area contributed by atoms with Gasteiger partial charge in [0, 0.05) is 21.6 Å². The summed E-state index contributed by atoms with van der Waals surface area (Å²) in [4.78, 5) is 26.5. The lowest BCUT2D eigenvalue weighted by molar-refractivity contribution is -0.0402. The van der Waals surface area contributed by atoms with E-state index in [0.717, 1.165) is 10.0 Å². The number of ether oxygens (including phenoxy) is 2. The lowest BCUT2D eigenvalue weighted by atomic mass is 10.1. The minimum atomic E-state index is -0.277. The Labute approximate surface area is 177 Å². The minimum Gasteiger partial charge on any atom is -0.490 e. The molecule has 28 heavy (non-hydrogen) atoms. The molecule has 2 aromatic rings. The van der Waals surface area contributed by atoms with Gasteiger partial charge in [-0.05, 0) is 49.7 Å². The summed E-state index contributed by atoms with van der Waals surface area (Å²) in [5, 5.41) is 0.479. The summed E-state index contributed by atoms with van der Waals surface area (Å²) in [5.41, 5.74) is 2.02. The summed E-state index contributed by atoms with van der Waals surface area (Å²) in [7, 11) is 0. The van der Waals surface area contributed by atoms with Gasteiger partial charge in [-0.3, -0.25) is 9.59 Å². The van der Waals surface area contributed by atoms with Crippen molar-refractivity contribution >= 4 is 39.2 Å². The van der Waals surface area contributed by atoms with Crippen LogP contribution in [0.1, 0.15) is 33.2 Å². The molecule has 1 heterocycles. The number of Topliss-reactive ketones (excluding diaryl/α,β-unsaturated/α-hetero) is 1. The van der Waals surface area contributed by atoms with E-state index in [4.69, 9.17) is 21.1 Å². The number of morpholine rings is 1. The fourth-order valence-corrected chi connectivity index (χ4v) is 3.64. The van der Waals surface area contributed by atoms with Crippen molar-refractivity contribution in [1.82, 2.24) is 4.90 Å². The van der Waals surface area contributed by atoms with Crippen LogP contribution >= 0.6 is 27.5 Å². The number of hydrogen-bond acceptors (Lipinski definition) is 4. The molecule has 1 amide bonds. The molecule has 0 aromatic heterocycles. The number of amides is 1. The first-order valence-corrected chi connectivity index (χ1v) is 10.1. The fraction of sp³-hybridized carbons (Fsp3) is 0.333. The van der Waals surface area contributed by atoms with Crippen molar-refractivity contribution in [3.05, 3.63) is 62.6 Å². The third-order valence-corrected chi connectivity index (χ3v) is 5.76. The Morgan fingerprint density at radius 3 is 2.82 bits per heavy atom. The predicted molar refractivity (Wildman–Crippen MR) is 111 cm³/mol. The van der Waals surface area contributed by atoms with Gasteiger partial charge in [-0.25, -0.2) is 0 Å². The second-order valence-corrected chi connectivity index (χ2v) is 7.95. The topological polar surface area (TPSA) is 55.8 Å². The first kappa shape index (κ1) is 20.8. The van der Waals surface area contributed by atoms with Gasteiger partial charge in [0.15, 0.2) is 5.78 Å². The molecule has 0 spiro atoms. The third kappa shape index (κ3) is 4.74. The summed E-state index contributed by atoms with van der Waals surface area (Å²) in [6.07, 6.45) is -0.277. The molecule has 7 heteroatoms. The number of benzene rings is 2. The van der Waals surface area contributed by atoms with E-state index in [1.807, 2.05) is 25.1 Å². The molecule has 1 aliphatic rings. The SMILES string of the molecule is CC(=O)c1cc(Cl)ccc1OCC1CN(C(=O)c2cccc(Br)c2C)CCO1. The van der Waals surface area contributed by atoms with E-state index in [-0.39, 0.29) is 24.4 Å². The molecular formula is C21H21BrClNO4. The average Bonchev–Trinajstić information content (AvgIpc) is 2.68. The molecule has 0 bridgehead atoms. The van der Waals surface area contributed by atoms with E-state index in [1.165, 1.54) is 6.92 Å². The summed E-state index contributed by atoms with van der Waals surface area (Å²) in [6, 6.07) is 10.5. The zero-order chi connectivity index (χ0) is 20.3. The van der Waals surface area contributed by atoms with Crippen LogP contribution in [0.5, 0.6) is 5.75 Å². The number of halogens is 2. The Morgan fingerprint density at radius 1 is 1.29 bits per heavy atom. The van der Waals surface area contributed by atoms with Crippen LogP contribution in [0.2, 0.25) is 5.02 Å². The lowest BCUT2D eigenvalue weighted by Crippen LogP contribution is -2.47. The first-order valence-electron chi connectivity index (χ1n) is 8.96. The van der Waals surface area contributed by atoms with Crippen molar-refractivity contribution in [2.24, 2.45) is 0 Å². The van der Waals surface area contributed by atoms with E-state index in [1.54, 1.807) is 23.1 Å². The number of carbonyl (C=O) groups is 2. The number of ketones is 1. The molecule has 1 aliphatic heterocycles. The van der Waals surface area contributed by atoms with E-state index >= 15 is 0 Å². The van der Waals surface area contributed by atoms with Crippen molar-refractivity contribution in [3.8, 4) is 5.75 Å². The smallest absolute Gasteiger partial charge is 0.254 e. The lowest BCUT2D eigenvalue weighted by Gasteiger charge is -2.33. The average molecular weight is 467 g/mol. The van der Waals surface area contributed by atoms with Gasteiger partial charge < -0.3 is 14.4 Å². The van der Waals surface area contributed by atoms with Crippen LogP contribution in [0.3, 0.4) is 0 Å². The van der Waals surface area contributed by atoms with Gasteiger partial charge in [-0.1, -0.05) is 33.6 Å². The zero-order valence-electron chi connectivity index (χ0n) is 15.7. The summed E-state index contributed by atoms with van der Waals surface area (Å²) >= 11 is 9.44. The molecule has 0 radical (unpaired) electrons. The van der Waals surface area contributed by atoms with E-state index in [0.29, 0.717) is 41.6 Å². The van der Waals surface area contributed by atoms with Crippen LogP contribution in [0.25, 0.3) is 0 Å². The molecule has 0 N–H and O–H groups in total. The third-order valence-electron chi connectivity index (χ3n) is 4.67. The number of hydrogen-bond donors (Lipinski definition) is 0. The van der Waals surface area contributed by atoms with Gasteiger partial charge in [0.1, 0.15) is 18.5 Å². The molecule has 1 unspecified atom stereocenters. The van der Waals surface area contributed by atoms with Gasteiger partial charge in [-0.2, -0.15) is 0 Å². The highest BCUT2D eigenvalue weighted by molar-refractivity contribution is 9.10. The predicted octanol–water partition coefficient (Wildman–Crippen LogP) is 4.53. The van der Waals surface area contributed by atoms with E-state index < -0.39 is 0 Å². The molecule has 2 aromatic carbocycles. The van der Waals surface area contributed by atoms with Gasteiger partial charge in [-0.15, -0.1) is 0 Å². The van der Waals surface area contributed by atoms with E-state index in [2.05, 4.69) is 15.9 Å². The van der Waals surface area contributed by atoms with Gasteiger partial charge in [0.2, 0.25) is 0 Å². The standard InChI is InChI=1S/C21H21BrClNO4/c1-13-17(4-3-5-19(13)22)21(26)24-8-9-27-16(11-24)12-28-20-7-6-15(23)10-18(20)14(2)25/h3-7,10,16H,8-9,11-12H2,1-2H3. The van der Waals surface area contributed by atoms with Crippen LogP contribution < -0.4 is 4.74 Å². The van der Waals surface area contributed by atoms with Crippen LogP contribution in [-0.4, -0.2) is 49.0 Å². The monoisotopic (exact) mass is 465 g/mol. The van der Waals surface area contributed by atoms with Gasteiger partial charge in [0.25, 0.3) is 5.91 Å². The number of nitrogens with zero attached hydrogens (tertiary/aromatic N) is 1. The molecule has 0 saturated carbocycles. The zero-order valence-corrected chi connectivity index (χ0v) is 18.0. The number of rotatable bonds is 5. The molecule has 5 nitrogen and oxygen atoms in total. The van der Waals surface area contributed by atoms with Crippen molar-refractivity contribution in [2.75, 3.05) is 26.3 Å². The summed E-state index contributed by atoms with van der Waals surface area (Å²) < 4.78 is 12.5. The Morgan fingerprint density at radius 2 is 2.07 bits per heavy atom. The Hall–Kier alpha value is -1.89. The van der Waals surface area contributed by atoms with Crippen molar-refractivity contribution in [1.29, 1.82) is 0 Å². The maximum absolute atomic E-state index is 12.9. The van der Waals surface area contributed by atoms with Crippen LogP contribution in [0.15, 0.2) is 40.9 Å². The first-order chi connectivity index (χ1) is 13.4. The highest BCUT2D eigenvalue weighted by Crippen LogP contribution is 2.25. The van der Waals surface area contributed by atoms with Crippen molar-refractivity contribution < 1.29 is 19.1 Å². The largest absolute Gasteiger partial charge is 0.490 e. The molecule has 1 atom stereocenters. The van der Waals surface area contributed by atoms with Gasteiger partial charge >= 0.3 is 0 Å². The maximum Gasteiger partial charge on any atom is 0.254 e. The van der Waals surface area contributed by atoms with Crippen molar-refractivity contribution in [3.63, 3.8) is 0 Å². The van der Waals surface area contributed by atoms with Crippen LogP contribution in [0.4, 0.5) is 0 Å². The van der Waals surface area contributed by atoms with Crippen LogP contribution in [-0.2, 0) is 4.74 Å². The fourth-order valence-electron chi connectivity index (χ4n) is 3.10. The highest BCUT2D eigenvalue weighted by atomic mass is 79.9.